The highest BCUT2D eigenvalue weighted by molar-refractivity contribution is 5.21. The van der Waals surface area contributed by atoms with Gasteiger partial charge in [-0.05, 0) is 31.8 Å². The summed E-state index contributed by atoms with van der Waals surface area (Å²) in [5, 5.41) is 6.85. The summed E-state index contributed by atoms with van der Waals surface area (Å²) in [6.07, 6.45) is -2.01. The van der Waals surface area contributed by atoms with Crippen LogP contribution in [-0.2, 0) is 19.6 Å². The second-order valence-corrected chi connectivity index (χ2v) is 4.19. The van der Waals surface area contributed by atoms with Crippen LogP contribution in [0.4, 0.5) is 13.2 Å². The SMILES string of the molecule is Cn1ncc(C(F)(F)F)c1CC1CCNC1. The van der Waals surface area contributed by atoms with Gasteiger partial charge in [-0.2, -0.15) is 18.3 Å². The zero-order valence-electron chi connectivity index (χ0n) is 9.01. The van der Waals surface area contributed by atoms with Gasteiger partial charge in [-0.3, -0.25) is 4.68 Å². The molecule has 0 bridgehead atoms. The molecule has 1 atom stereocenters. The number of nitrogens with one attached hydrogen (secondary N) is 1. The van der Waals surface area contributed by atoms with Crippen LogP contribution in [-0.4, -0.2) is 22.9 Å². The van der Waals surface area contributed by atoms with E-state index in [2.05, 4.69) is 10.4 Å². The van der Waals surface area contributed by atoms with Crippen molar-refractivity contribution in [1.82, 2.24) is 15.1 Å². The smallest absolute Gasteiger partial charge is 0.316 e. The molecule has 1 N–H and O–H groups in total. The highest BCUT2D eigenvalue weighted by Gasteiger charge is 2.36. The van der Waals surface area contributed by atoms with Gasteiger partial charge in [0.05, 0.1) is 17.5 Å². The third kappa shape index (κ3) is 2.21. The first-order valence-electron chi connectivity index (χ1n) is 5.27. The number of aryl methyl sites for hydroxylation is 1. The third-order valence-corrected chi connectivity index (χ3v) is 3.01. The average Bonchev–Trinajstić information content (AvgIpc) is 2.76. The van der Waals surface area contributed by atoms with Crippen molar-refractivity contribution in [2.75, 3.05) is 13.1 Å². The highest BCUT2D eigenvalue weighted by atomic mass is 19.4. The molecular weight excluding hydrogens is 219 g/mol. The van der Waals surface area contributed by atoms with Crippen LogP contribution in [0.3, 0.4) is 0 Å². The summed E-state index contributed by atoms with van der Waals surface area (Å²) in [4.78, 5) is 0. The minimum Gasteiger partial charge on any atom is -0.316 e. The Morgan fingerprint density at radius 1 is 1.56 bits per heavy atom. The van der Waals surface area contributed by atoms with E-state index >= 15 is 0 Å². The predicted molar refractivity (Wildman–Crippen MR) is 52.9 cm³/mol. The third-order valence-electron chi connectivity index (χ3n) is 3.01. The molecular formula is C10H14F3N3. The maximum atomic E-state index is 12.7. The minimum atomic E-state index is -4.30. The Bertz CT molecular complexity index is 364. The van der Waals surface area contributed by atoms with Gasteiger partial charge >= 0.3 is 6.18 Å². The topological polar surface area (TPSA) is 29.9 Å². The summed E-state index contributed by atoms with van der Waals surface area (Å²) in [5.41, 5.74) is -0.303. The Balaban J connectivity index is 2.21. The molecule has 90 valence electrons. The largest absolute Gasteiger partial charge is 0.419 e. The van der Waals surface area contributed by atoms with Crippen LogP contribution in [0, 0.1) is 5.92 Å². The van der Waals surface area contributed by atoms with E-state index in [9.17, 15) is 13.2 Å². The van der Waals surface area contributed by atoms with E-state index < -0.39 is 11.7 Å². The molecule has 16 heavy (non-hydrogen) atoms. The van der Waals surface area contributed by atoms with Gasteiger partial charge in [0.15, 0.2) is 0 Å². The Kier molecular flexibility index (Phi) is 2.92. The van der Waals surface area contributed by atoms with E-state index in [1.165, 1.54) is 4.68 Å². The Morgan fingerprint density at radius 2 is 2.31 bits per heavy atom. The number of hydrogen-bond donors (Lipinski definition) is 1. The lowest BCUT2D eigenvalue weighted by molar-refractivity contribution is -0.138. The Labute approximate surface area is 91.6 Å². The number of nitrogens with zero attached hydrogens (tertiary/aromatic N) is 2. The predicted octanol–water partition coefficient (Wildman–Crippen LogP) is 1.59. The fourth-order valence-electron chi connectivity index (χ4n) is 2.10. The Morgan fingerprint density at radius 3 is 2.88 bits per heavy atom. The van der Waals surface area contributed by atoms with E-state index in [4.69, 9.17) is 0 Å². The highest BCUT2D eigenvalue weighted by Crippen LogP contribution is 2.33. The first kappa shape index (κ1) is 11.4. The Hall–Kier alpha value is -1.04. The fourth-order valence-corrected chi connectivity index (χ4v) is 2.10. The van der Waals surface area contributed by atoms with Gasteiger partial charge in [0.25, 0.3) is 0 Å². The van der Waals surface area contributed by atoms with E-state index in [-0.39, 0.29) is 5.92 Å². The van der Waals surface area contributed by atoms with Crippen LogP contribution < -0.4 is 5.32 Å². The van der Waals surface area contributed by atoms with E-state index in [1.54, 1.807) is 7.05 Å². The van der Waals surface area contributed by atoms with E-state index in [1.807, 2.05) is 0 Å². The van der Waals surface area contributed by atoms with Crippen molar-refractivity contribution in [3.8, 4) is 0 Å². The lowest BCUT2D eigenvalue weighted by Gasteiger charge is -2.12. The van der Waals surface area contributed by atoms with Gasteiger partial charge < -0.3 is 5.32 Å². The van der Waals surface area contributed by atoms with Crippen molar-refractivity contribution < 1.29 is 13.2 Å². The van der Waals surface area contributed by atoms with Crippen molar-refractivity contribution in [1.29, 1.82) is 0 Å². The summed E-state index contributed by atoms with van der Waals surface area (Å²) >= 11 is 0. The first-order valence-corrected chi connectivity index (χ1v) is 5.27. The van der Waals surface area contributed by atoms with Crippen molar-refractivity contribution in [2.24, 2.45) is 13.0 Å². The number of hydrogen-bond acceptors (Lipinski definition) is 2. The van der Waals surface area contributed by atoms with Crippen LogP contribution >= 0.6 is 0 Å². The van der Waals surface area contributed by atoms with Gasteiger partial charge in [0.1, 0.15) is 0 Å². The average molecular weight is 233 g/mol. The molecule has 2 rings (SSSR count). The molecule has 2 heterocycles. The molecule has 0 aliphatic carbocycles. The van der Waals surface area contributed by atoms with Gasteiger partial charge in [0.2, 0.25) is 0 Å². The lowest BCUT2D eigenvalue weighted by atomic mass is 10.0. The minimum absolute atomic E-state index is 0.288. The summed E-state index contributed by atoms with van der Waals surface area (Å²) < 4.78 is 39.3. The fraction of sp³-hybridized carbons (Fsp3) is 0.700. The first-order chi connectivity index (χ1) is 7.48. The van der Waals surface area contributed by atoms with Crippen molar-refractivity contribution in [3.63, 3.8) is 0 Å². The van der Waals surface area contributed by atoms with Crippen LogP contribution in [0.5, 0.6) is 0 Å². The van der Waals surface area contributed by atoms with Gasteiger partial charge in [-0.25, -0.2) is 0 Å². The molecule has 0 spiro atoms. The molecule has 1 aliphatic heterocycles. The molecule has 1 fully saturated rings. The molecule has 1 unspecified atom stereocenters. The number of halogens is 3. The summed E-state index contributed by atoms with van der Waals surface area (Å²) in [7, 11) is 1.56. The van der Waals surface area contributed by atoms with Gasteiger partial charge in [0, 0.05) is 7.05 Å². The molecule has 1 aromatic rings. The molecule has 1 aromatic heterocycles. The van der Waals surface area contributed by atoms with Gasteiger partial charge in [-0.15, -0.1) is 0 Å². The molecule has 1 saturated heterocycles. The molecule has 3 nitrogen and oxygen atoms in total. The van der Waals surface area contributed by atoms with Crippen LogP contribution in [0.25, 0.3) is 0 Å². The maximum absolute atomic E-state index is 12.7. The molecule has 0 saturated carbocycles. The zero-order valence-corrected chi connectivity index (χ0v) is 9.01. The number of alkyl halides is 3. The summed E-state index contributed by atoms with van der Waals surface area (Å²) in [6, 6.07) is 0. The normalized spacial score (nSPS) is 21.6. The van der Waals surface area contributed by atoms with Crippen LogP contribution in [0.1, 0.15) is 17.7 Å². The van der Waals surface area contributed by atoms with E-state index in [0.29, 0.717) is 12.1 Å². The van der Waals surface area contributed by atoms with Crippen molar-refractivity contribution >= 4 is 0 Å². The zero-order chi connectivity index (χ0) is 11.8. The van der Waals surface area contributed by atoms with E-state index in [0.717, 1.165) is 25.7 Å². The summed E-state index contributed by atoms with van der Waals surface area (Å²) in [6.45, 7) is 1.69. The number of aromatic nitrogens is 2. The molecule has 6 heteroatoms. The van der Waals surface area contributed by atoms with Crippen molar-refractivity contribution in [2.45, 2.75) is 19.0 Å². The molecule has 0 radical (unpaired) electrons. The van der Waals surface area contributed by atoms with Gasteiger partial charge in [-0.1, -0.05) is 0 Å². The maximum Gasteiger partial charge on any atom is 0.419 e. The van der Waals surface area contributed by atoms with Crippen molar-refractivity contribution in [3.05, 3.63) is 17.5 Å². The number of rotatable bonds is 2. The molecule has 0 amide bonds. The standard InChI is InChI=1S/C10H14F3N3/c1-16-9(4-7-2-3-14-5-7)8(6-15-16)10(11,12)13/h6-7,14H,2-5H2,1H3. The van der Waals surface area contributed by atoms with Crippen LogP contribution in [0.2, 0.25) is 0 Å². The lowest BCUT2D eigenvalue weighted by Crippen LogP contribution is -2.16. The second kappa shape index (κ2) is 4.08. The van der Waals surface area contributed by atoms with Crippen LogP contribution in [0.15, 0.2) is 6.20 Å². The second-order valence-electron chi connectivity index (χ2n) is 4.19. The molecule has 0 aromatic carbocycles. The summed E-state index contributed by atoms with van der Waals surface area (Å²) in [5.74, 6) is 0.288. The quantitative estimate of drug-likeness (QED) is 0.840. The molecule has 1 aliphatic rings. The monoisotopic (exact) mass is 233 g/mol.